The first-order valence-electron chi connectivity index (χ1n) is 8.05. The van der Waals surface area contributed by atoms with E-state index in [1.165, 1.54) is 17.3 Å². The minimum Gasteiger partial charge on any atom is -0.493 e. The van der Waals surface area contributed by atoms with Crippen LogP contribution in [0.5, 0.6) is 17.2 Å². The van der Waals surface area contributed by atoms with Gasteiger partial charge in [0, 0.05) is 11.3 Å². The van der Waals surface area contributed by atoms with Gasteiger partial charge in [-0.2, -0.15) is 0 Å². The number of aromatic nitrogens is 2. The fraction of sp³-hybridized carbons (Fsp3) is 0.263. The Hall–Kier alpha value is -2.67. The molecule has 0 aliphatic heterocycles. The highest BCUT2D eigenvalue weighted by molar-refractivity contribution is 7.99. The molecule has 6 nitrogen and oxygen atoms in total. The molecule has 1 aromatic heterocycles. The van der Waals surface area contributed by atoms with Crippen molar-refractivity contribution in [3.63, 3.8) is 0 Å². The molecule has 0 atom stereocenters. The van der Waals surface area contributed by atoms with Gasteiger partial charge in [-0.25, -0.2) is 0 Å². The fourth-order valence-electron chi connectivity index (χ4n) is 2.49. The topological polar surface area (TPSA) is 66.6 Å². The van der Waals surface area contributed by atoms with E-state index in [9.17, 15) is 0 Å². The Balaban J connectivity index is 1.73. The number of ether oxygens (including phenoxy) is 3. The summed E-state index contributed by atoms with van der Waals surface area (Å²) in [7, 11) is 4.70. The molecule has 3 rings (SSSR count). The van der Waals surface area contributed by atoms with E-state index >= 15 is 0 Å². The summed E-state index contributed by atoms with van der Waals surface area (Å²) in [6.45, 7) is 0. The van der Waals surface area contributed by atoms with Crippen LogP contribution < -0.4 is 14.2 Å². The Labute approximate surface area is 156 Å². The molecule has 0 saturated carbocycles. The number of thioether (sulfide) groups is 1. The van der Waals surface area contributed by atoms with Crippen LogP contribution in [0.15, 0.2) is 52.1 Å². The molecule has 7 heteroatoms. The number of hydrogen-bond acceptors (Lipinski definition) is 7. The first-order valence-corrected chi connectivity index (χ1v) is 9.04. The van der Waals surface area contributed by atoms with E-state index in [2.05, 4.69) is 22.3 Å². The second-order valence-corrected chi connectivity index (χ2v) is 6.42. The van der Waals surface area contributed by atoms with Crippen molar-refractivity contribution in [2.24, 2.45) is 0 Å². The van der Waals surface area contributed by atoms with Gasteiger partial charge < -0.3 is 18.6 Å². The van der Waals surface area contributed by atoms with Crippen LogP contribution >= 0.6 is 11.8 Å². The zero-order chi connectivity index (χ0) is 18.4. The van der Waals surface area contributed by atoms with Crippen LogP contribution in [0.2, 0.25) is 0 Å². The molecule has 0 unspecified atom stereocenters. The number of hydrogen-bond donors (Lipinski definition) is 0. The second-order valence-electron chi connectivity index (χ2n) is 5.37. The maximum absolute atomic E-state index is 5.77. The second kappa shape index (κ2) is 8.62. The lowest BCUT2D eigenvalue weighted by molar-refractivity contribution is 0.324. The van der Waals surface area contributed by atoms with Gasteiger partial charge >= 0.3 is 0 Å². The van der Waals surface area contributed by atoms with Crippen LogP contribution in [0.1, 0.15) is 5.56 Å². The molecular formula is C19H20N2O4S. The van der Waals surface area contributed by atoms with Crippen molar-refractivity contribution in [1.29, 1.82) is 0 Å². The number of nitrogens with zero attached hydrogens (tertiary/aromatic N) is 2. The normalized spacial score (nSPS) is 10.6. The van der Waals surface area contributed by atoms with Gasteiger partial charge in [-0.1, -0.05) is 42.1 Å². The first-order chi connectivity index (χ1) is 12.7. The molecule has 0 amide bonds. The van der Waals surface area contributed by atoms with Gasteiger partial charge in [-0.05, 0) is 24.1 Å². The first kappa shape index (κ1) is 18.1. The zero-order valence-corrected chi connectivity index (χ0v) is 15.7. The fourth-order valence-corrected chi connectivity index (χ4v) is 3.24. The van der Waals surface area contributed by atoms with Gasteiger partial charge in [0.05, 0.1) is 21.3 Å². The minimum atomic E-state index is 0.409. The van der Waals surface area contributed by atoms with Crippen molar-refractivity contribution in [2.45, 2.75) is 11.6 Å². The maximum atomic E-state index is 5.77. The highest BCUT2D eigenvalue weighted by atomic mass is 32.2. The average molecular weight is 372 g/mol. The molecule has 26 heavy (non-hydrogen) atoms. The summed E-state index contributed by atoms with van der Waals surface area (Å²) in [5.41, 5.74) is 1.99. The molecule has 3 aromatic rings. The Morgan fingerprint density at radius 1 is 0.923 bits per heavy atom. The summed E-state index contributed by atoms with van der Waals surface area (Å²) in [6.07, 6.45) is 0.938. The van der Waals surface area contributed by atoms with Crippen LogP contribution in [-0.2, 0) is 6.42 Å². The SMILES string of the molecule is COc1cc(-c2nnc(SCCc3ccccc3)o2)cc(OC)c1OC. The standard InChI is InChI=1S/C19H20N2O4S/c1-22-15-11-14(12-16(23-2)17(15)24-3)18-20-21-19(25-18)26-10-9-13-7-5-4-6-8-13/h4-8,11-12H,9-10H2,1-3H3. The lowest BCUT2D eigenvalue weighted by atomic mass is 10.2. The Bertz CT molecular complexity index is 827. The number of methoxy groups -OCH3 is 3. The van der Waals surface area contributed by atoms with Crippen LogP contribution in [0.3, 0.4) is 0 Å². The van der Waals surface area contributed by atoms with Crippen molar-refractivity contribution in [2.75, 3.05) is 27.1 Å². The van der Waals surface area contributed by atoms with Crippen LogP contribution in [0.25, 0.3) is 11.5 Å². The summed E-state index contributed by atoms with van der Waals surface area (Å²) in [4.78, 5) is 0. The highest BCUT2D eigenvalue weighted by Crippen LogP contribution is 2.41. The zero-order valence-electron chi connectivity index (χ0n) is 14.9. The number of aryl methyl sites for hydroxylation is 1. The third kappa shape index (κ3) is 4.11. The monoisotopic (exact) mass is 372 g/mol. The summed E-state index contributed by atoms with van der Waals surface area (Å²) < 4.78 is 21.8. The third-order valence-corrected chi connectivity index (χ3v) is 4.60. The van der Waals surface area contributed by atoms with Crippen molar-refractivity contribution in [1.82, 2.24) is 10.2 Å². The van der Waals surface area contributed by atoms with E-state index < -0.39 is 0 Å². The Morgan fingerprint density at radius 3 is 2.23 bits per heavy atom. The smallest absolute Gasteiger partial charge is 0.276 e. The van der Waals surface area contributed by atoms with Gasteiger partial charge in [0.15, 0.2) is 11.5 Å². The van der Waals surface area contributed by atoms with Gasteiger partial charge in [0.25, 0.3) is 5.22 Å². The van der Waals surface area contributed by atoms with Crippen molar-refractivity contribution >= 4 is 11.8 Å². The molecule has 0 N–H and O–H groups in total. The van der Waals surface area contributed by atoms with E-state index in [4.69, 9.17) is 18.6 Å². The molecule has 2 aromatic carbocycles. The van der Waals surface area contributed by atoms with Gasteiger partial charge in [-0.15, -0.1) is 10.2 Å². The largest absolute Gasteiger partial charge is 0.493 e. The quantitative estimate of drug-likeness (QED) is 0.552. The average Bonchev–Trinajstić information content (AvgIpc) is 3.16. The summed E-state index contributed by atoms with van der Waals surface area (Å²) in [5.74, 6) is 2.87. The summed E-state index contributed by atoms with van der Waals surface area (Å²) >= 11 is 1.53. The summed E-state index contributed by atoms with van der Waals surface area (Å²) in [5, 5.41) is 8.77. The predicted octanol–water partition coefficient (Wildman–Crippen LogP) is 4.10. The van der Waals surface area contributed by atoms with Crippen LogP contribution in [-0.4, -0.2) is 37.3 Å². The molecule has 0 aliphatic carbocycles. The molecular weight excluding hydrogens is 352 g/mol. The van der Waals surface area contributed by atoms with E-state index in [1.54, 1.807) is 33.5 Å². The van der Waals surface area contributed by atoms with E-state index in [-0.39, 0.29) is 0 Å². The molecule has 0 bridgehead atoms. The molecule has 0 fully saturated rings. The third-order valence-electron chi connectivity index (χ3n) is 3.78. The molecule has 0 radical (unpaired) electrons. The molecule has 0 spiro atoms. The molecule has 0 aliphatic rings. The van der Waals surface area contributed by atoms with Gasteiger partial charge in [0.2, 0.25) is 11.6 Å². The van der Waals surface area contributed by atoms with Crippen LogP contribution in [0.4, 0.5) is 0 Å². The Kier molecular flexibility index (Phi) is 6.01. The minimum absolute atomic E-state index is 0.409. The lowest BCUT2D eigenvalue weighted by Crippen LogP contribution is -1.95. The molecule has 136 valence electrons. The highest BCUT2D eigenvalue weighted by Gasteiger charge is 2.17. The number of benzene rings is 2. The maximum Gasteiger partial charge on any atom is 0.276 e. The van der Waals surface area contributed by atoms with Crippen molar-refractivity contribution < 1.29 is 18.6 Å². The summed E-state index contributed by atoms with van der Waals surface area (Å²) in [6, 6.07) is 13.9. The van der Waals surface area contributed by atoms with Crippen molar-refractivity contribution in [3.05, 3.63) is 48.0 Å². The van der Waals surface area contributed by atoms with E-state index in [0.717, 1.165) is 12.2 Å². The predicted molar refractivity (Wildman–Crippen MR) is 100 cm³/mol. The van der Waals surface area contributed by atoms with Crippen molar-refractivity contribution in [3.8, 4) is 28.7 Å². The molecule has 1 heterocycles. The van der Waals surface area contributed by atoms with E-state index in [1.807, 2.05) is 18.2 Å². The number of rotatable bonds is 8. The van der Waals surface area contributed by atoms with Gasteiger partial charge in [0.1, 0.15) is 0 Å². The Morgan fingerprint density at radius 2 is 1.62 bits per heavy atom. The lowest BCUT2D eigenvalue weighted by Gasteiger charge is -2.12. The van der Waals surface area contributed by atoms with Gasteiger partial charge in [-0.3, -0.25) is 0 Å². The van der Waals surface area contributed by atoms with Crippen LogP contribution in [0, 0.1) is 0 Å². The van der Waals surface area contributed by atoms with E-state index in [0.29, 0.717) is 33.9 Å². The molecule has 0 saturated heterocycles.